The monoisotopic (exact) mass is 1130 g/mol. The fourth-order valence-electron chi connectivity index (χ4n) is 10.8. The molecule has 4 aromatic heterocycles. The van der Waals surface area contributed by atoms with Crippen molar-refractivity contribution in [1.29, 1.82) is 0 Å². The number of hydrogen-bond acceptors (Lipinski definition) is 12. The SMILES string of the molecule is C.Nc1ccc(-c2cn3cc(N)cnc3n2)cc1.O=C(Cc1cnc2nc(-c3ccc(NC(=O)[C@@H]4CCCN4C(=O)Cc4ccccc4)cc3)cn2c1)[C@@H]1CCCN1C(=O)Cc1ccccc1.O=C(O)[C@@H]1CCCN1C(=O)Cc1ccccc1. The molecule has 430 valence electrons. The number of aliphatic carboxylic acids is 1. The van der Waals surface area contributed by atoms with E-state index in [9.17, 15) is 28.8 Å². The summed E-state index contributed by atoms with van der Waals surface area (Å²) in [6.07, 6.45) is 16.0. The molecule has 3 atom stereocenters. The number of hydrogen-bond donors (Lipinski definition) is 4. The van der Waals surface area contributed by atoms with E-state index in [0.29, 0.717) is 73.9 Å². The first kappa shape index (κ1) is 58.6. The van der Waals surface area contributed by atoms with Crippen LogP contribution >= 0.6 is 0 Å². The summed E-state index contributed by atoms with van der Waals surface area (Å²) >= 11 is 0. The molecule has 19 nitrogen and oxygen atoms in total. The Kier molecular flexibility index (Phi) is 18.9. The number of fused-ring (bicyclic) bond motifs is 2. The molecule has 0 radical (unpaired) electrons. The van der Waals surface area contributed by atoms with Crippen LogP contribution in [0, 0.1) is 0 Å². The number of rotatable bonds is 14. The molecule has 0 unspecified atom stereocenters. The predicted octanol–water partition coefficient (Wildman–Crippen LogP) is 8.42. The van der Waals surface area contributed by atoms with Crippen LogP contribution in [0.2, 0.25) is 0 Å². The molecule has 3 saturated heterocycles. The molecule has 3 fully saturated rings. The predicted molar refractivity (Wildman–Crippen MR) is 322 cm³/mol. The molecule has 19 heteroatoms. The first-order valence-electron chi connectivity index (χ1n) is 27.8. The maximum absolute atomic E-state index is 13.4. The van der Waals surface area contributed by atoms with E-state index in [-0.39, 0.29) is 56.1 Å². The van der Waals surface area contributed by atoms with E-state index in [1.807, 2.05) is 163 Å². The number of likely N-dealkylation sites (tertiary alicyclic amines) is 3. The molecule has 9 aromatic rings. The molecular formula is C65H68N12O7. The van der Waals surface area contributed by atoms with Gasteiger partial charge in [0, 0.05) is 79.5 Å². The van der Waals surface area contributed by atoms with E-state index >= 15 is 0 Å². The molecule has 12 rings (SSSR count). The minimum Gasteiger partial charge on any atom is -0.480 e. The zero-order chi connectivity index (χ0) is 57.8. The highest BCUT2D eigenvalue weighted by Crippen LogP contribution is 2.27. The van der Waals surface area contributed by atoms with Gasteiger partial charge in [0.15, 0.2) is 5.78 Å². The molecular weight excluding hydrogens is 1060 g/mol. The Bertz CT molecular complexity index is 3740. The van der Waals surface area contributed by atoms with Gasteiger partial charge in [0.2, 0.25) is 35.2 Å². The number of nitrogens with two attached hydrogens (primary N) is 2. The van der Waals surface area contributed by atoms with Crippen molar-refractivity contribution in [2.45, 2.75) is 89.8 Å². The van der Waals surface area contributed by atoms with Crippen molar-refractivity contribution in [2.75, 3.05) is 36.4 Å². The van der Waals surface area contributed by atoms with Crippen LogP contribution in [0.4, 0.5) is 17.1 Å². The maximum atomic E-state index is 13.4. The molecule has 4 amide bonds. The number of ketones is 1. The maximum Gasteiger partial charge on any atom is 0.326 e. The highest BCUT2D eigenvalue weighted by molar-refractivity contribution is 5.98. The molecule has 0 saturated carbocycles. The Morgan fingerprint density at radius 1 is 0.476 bits per heavy atom. The largest absolute Gasteiger partial charge is 0.480 e. The van der Waals surface area contributed by atoms with Crippen LogP contribution < -0.4 is 16.8 Å². The lowest BCUT2D eigenvalue weighted by Crippen LogP contribution is -2.43. The summed E-state index contributed by atoms with van der Waals surface area (Å²) in [5.41, 5.74) is 20.3. The summed E-state index contributed by atoms with van der Waals surface area (Å²) in [6.45, 7) is 1.73. The molecule has 0 aliphatic carbocycles. The molecule has 0 bridgehead atoms. The van der Waals surface area contributed by atoms with Crippen molar-refractivity contribution in [1.82, 2.24) is 43.4 Å². The molecule has 7 heterocycles. The van der Waals surface area contributed by atoms with E-state index in [0.717, 1.165) is 64.0 Å². The minimum absolute atomic E-state index is 0. The number of nitrogens with zero attached hydrogens (tertiary/aromatic N) is 9. The zero-order valence-corrected chi connectivity index (χ0v) is 45.7. The van der Waals surface area contributed by atoms with Gasteiger partial charge in [-0.05, 0) is 85.0 Å². The number of carbonyl (C=O) groups excluding carboxylic acids is 5. The fourth-order valence-corrected chi connectivity index (χ4v) is 10.8. The normalized spacial score (nSPS) is 16.2. The topological polar surface area (TPSA) is 257 Å². The van der Waals surface area contributed by atoms with Crippen LogP contribution in [-0.2, 0) is 54.5 Å². The smallest absolute Gasteiger partial charge is 0.326 e. The second-order valence-electron chi connectivity index (χ2n) is 20.9. The Labute approximate surface area is 487 Å². The number of nitrogen functional groups attached to an aromatic ring is 2. The molecule has 5 aromatic carbocycles. The van der Waals surface area contributed by atoms with Gasteiger partial charge in [0.25, 0.3) is 0 Å². The lowest BCUT2D eigenvalue weighted by molar-refractivity contribution is -0.148. The van der Waals surface area contributed by atoms with E-state index in [1.54, 1.807) is 32.8 Å². The lowest BCUT2D eigenvalue weighted by atomic mass is 10.0. The third kappa shape index (κ3) is 14.5. The standard InChI is InChI=1S/C39H38N6O4.C13H15NO3.C12H11N5.CH4/c46-35(33-13-7-19-44(33)36(47)22-27-9-3-1-4-10-27)21-29-24-40-39-42-32(26-43(39)25-29)30-15-17-31(18-16-30)41-38(49)34-14-8-20-45(34)37(48)23-28-11-5-2-6-12-28;15-12(9-10-5-2-1-3-6-10)14-8-4-7-11(14)13(16)17;13-9-3-1-8(2-4-9)11-7-17-6-10(14)5-15-12(17)16-11;/h1-6,9-12,15-18,24-26,33-34H,7-8,13-14,19-23H2,(H,41,49);1-3,5-6,11H,4,7-9H2,(H,16,17);1-7H,13-14H2;1H4/t33-,34-;11-;;/m00../s1. The van der Waals surface area contributed by atoms with Crippen molar-refractivity contribution >= 4 is 64.0 Å². The average molecular weight is 1130 g/mol. The van der Waals surface area contributed by atoms with Gasteiger partial charge < -0.3 is 36.6 Å². The van der Waals surface area contributed by atoms with Crippen LogP contribution in [0.5, 0.6) is 0 Å². The third-order valence-electron chi connectivity index (χ3n) is 15.0. The molecule has 3 aliphatic heterocycles. The quantitative estimate of drug-likeness (QED) is 0.0747. The number of carbonyl (C=O) groups is 6. The number of benzene rings is 5. The van der Waals surface area contributed by atoms with Gasteiger partial charge in [-0.15, -0.1) is 0 Å². The summed E-state index contributed by atoms with van der Waals surface area (Å²) in [7, 11) is 0. The van der Waals surface area contributed by atoms with Crippen LogP contribution in [0.1, 0.15) is 68.2 Å². The number of Topliss-reactive ketones (excluding diaryl/α,β-unsaturated/α-hetero) is 1. The molecule has 6 N–H and O–H groups in total. The van der Waals surface area contributed by atoms with Crippen molar-refractivity contribution in [3.8, 4) is 22.5 Å². The van der Waals surface area contributed by atoms with E-state index in [2.05, 4.69) is 25.3 Å². The van der Waals surface area contributed by atoms with Gasteiger partial charge in [-0.3, -0.25) is 32.8 Å². The Hall–Kier alpha value is -10.0. The number of carboxylic acid groups (broad SMARTS) is 1. The van der Waals surface area contributed by atoms with Gasteiger partial charge in [0.05, 0.1) is 48.6 Å². The summed E-state index contributed by atoms with van der Waals surface area (Å²) in [6, 6.07) is 42.0. The van der Waals surface area contributed by atoms with Gasteiger partial charge in [0.1, 0.15) is 12.1 Å². The summed E-state index contributed by atoms with van der Waals surface area (Å²) in [5, 5.41) is 12.0. The molecule has 3 aliphatic rings. The van der Waals surface area contributed by atoms with E-state index in [4.69, 9.17) is 16.6 Å². The van der Waals surface area contributed by atoms with Crippen molar-refractivity contribution < 1.29 is 33.9 Å². The van der Waals surface area contributed by atoms with Gasteiger partial charge >= 0.3 is 5.97 Å². The van der Waals surface area contributed by atoms with Gasteiger partial charge in [-0.1, -0.05) is 123 Å². The number of imidazole rings is 2. The molecule has 0 spiro atoms. The van der Waals surface area contributed by atoms with Crippen LogP contribution in [-0.4, -0.2) is 122 Å². The first-order valence-corrected chi connectivity index (χ1v) is 27.8. The highest BCUT2D eigenvalue weighted by Gasteiger charge is 2.36. The third-order valence-corrected chi connectivity index (χ3v) is 15.0. The van der Waals surface area contributed by atoms with Crippen LogP contribution in [0.3, 0.4) is 0 Å². The number of amides is 4. The fraction of sp³-hybridized carbons (Fsp3) is 0.262. The number of nitrogens with one attached hydrogen (secondary N) is 1. The van der Waals surface area contributed by atoms with Crippen molar-refractivity contribution in [2.24, 2.45) is 0 Å². The highest BCUT2D eigenvalue weighted by atomic mass is 16.4. The van der Waals surface area contributed by atoms with Gasteiger partial charge in [-0.25, -0.2) is 24.7 Å². The van der Waals surface area contributed by atoms with E-state index < -0.39 is 24.1 Å². The summed E-state index contributed by atoms with van der Waals surface area (Å²) in [4.78, 5) is 98.2. The van der Waals surface area contributed by atoms with Crippen molar-refractivity contribution in [3.05, 3.63) is 199 Å². The number of carboxylic acids is 1. The zero-order valence-electron chi connectivity index (χ0n) is 45.7. The number of aromatic nitrogens is 6. The summed E-state index contributed by atoms with van der Waals surface area (Å²) in [5.74, 6) is -0.0931. The second-order valence-corrected chi connectivity index (χ2v) is 20.9. The Morgan fingerprint density at radius 2 is 0.905 bits per heavy atom. The van der Waals surface area contributed by atoms with Crippen molar-refractivity contribution in [3.63, 3.8) is 0 Å². The van der Waals surface area contributed by atoms with E-state index in [1.165, 1.54) is 4.90 Å². The molecule has 84 heavy (non-hydrogen) atoms. The summed E-state index contributed by atoms with van der Waals surface area (Å²) < 4.78 is 3.61. The Balaban J connectivity index is 0.000000195. The van der Waals surface area contributed by atoms with Crippen LogP contribution in [0.25, 0.3) is 34.1 Å². The lowest BCUT2D eigenvalue weighted by Gasteiger charge is -2.24. The Morgan fingerprint density at radius 3 is 1.40 bits per heavy atom. The first-order chi connectivity index (χ1) is 40.3. The number of anilines is 3. The second kappa shape index (κ2) is 27.2. The average Bonchev–Trinajstić information content (AvgIpc) is 4.37. The minimum atomic E-state index is -0.899. The van der Waals surface area contributed by atoms with Crippen LogP contribution in [0.15, 0.2) is 177 Å². The van der Waals surface area contributed by atoms with Gasteiger partial charge in [-0.2, -0.15) is 0 Å².